The second-order valence-electron chi connectivity index (χ2n) is 6.95. The highest BCUT2D eigenvalue weighted by Crippen LogP contribution is 2.43. The average molecular weight is 535 g/mol. The molecule has 0 aromatic carbocycles. The fourth-order valence-corrected chi connectivity index (χ4v) is 12.5. The first-order valence-corrected chi connectivity index (χ1v) is 21.1. The lowest BCUT2D eigenvalue weighted by molar-refractivity contribution is -0.179. The SMILES string of the molecule is CCOC(CCCCSSSSCCCCC(OCC)(OCC)[SiH2]C)(OCC)[SiH2]C. The predicted molar refractivity (Wildman–Crippen MR) is 149 cm³/mol. The second kappa shape index (κ2) is 21.2. The van der Waals surface area contributed by atoms with Crippen molar-refractivity contribution < 1.29 is 18.9 Å². The van der Waals surface area contributed by atoms with Crippen molar-refractivity contribution in [1.82, 2.24) is 0 Å². The Hall–Kier alpha value is 1.67. The average Bonchev–Trinajstić information content (AvgIpc) is 2.74. The zero-order chi connectivity index (χ0) is 22.6. The summed E-state index contributed by atoms with van der Waals surface area (Å²) in [5.41, 5.74) is -0.456. The standard InChI is InChI=1S/C20H46O4S4Si2/c1-7-21-19(29-5,22-8-2)15-11-13-17-25-27-28-26-18-14-12-16-20(30-6,23-9-3)24-10-4/h7-18,29-30H2,1-6H3. The largest absolute Gasteiger partial charge is 0.355 e. The third kappa shape index (κ3) is 14.7. The number of rotatable bonds is 23. The molecule has 0 amide bonds. The minimum atomic E-state index is -0.354. The topological polar surface area (TPSA) is 36.9 Å². The Kier molecular flexibility index (Phi) is 22.4. The maximum atomic E-state index is 5.97. The number of hydrogen-bond donors (Lipinski definition) is 0. The summed E-state index contributed by atoms with van der Waals surface area (Å²) >= 11 is 0. The van der Waals surface area contributed by atoms with E-state index in [1.165, 1.54) is 37.2 Å². The van der Waals surface area contributed by atoms with Gasteiger partial charge in [-0.2, -0.15) is 0 Å². The van der Waals surface area contributed by atoms with Gasteiger partial charge >= 0.3 is 0 Å². The molecular formula is C20H46O4S4Si2. The summed E-state index contributed by atoms with van der Waals surface area (Å²) in [5.74, 6) is 2.40. The summed E-state index contributed by atoms with van der Waals surface area (Å²) in [7, 11) is 7.09. The molecule has 30 heavy (non-hydrogen) atoms. The molecule has 0 radical (unpaired) electrons. The molecule has 0 aromatic rings. The number of ether oxygens (including phenoxy) is 4. The van der Waals surface area contributed by atoms with E-state index in [2.05, 4.69) is 40.8 Å². The summed E-state index contributed by atoms with van der Waals surface area (Å²) in [6.07, 6.45) is 6.95. The Morgan fingerprint density at radius 3 is 1.17 bits per heavy atom. The molecule has 0 bridgehead atoms. The first-order valence-electron chi connectivity index (χ1n) is 11.7. The zero-order valence-corrected chi connectivity index (χ0v) is 26.3. The van der Waals surface area contributed by atoms with Crippen LogP contribution in [0.15, 0.2) is 0 Å². The molecule has 0 aliphatic heterocycles. The van der Waals surface area contributed by atoms with Gasteiger partial charge in [0.2, 0.25) is 0 Å². The van der Waals surface area contributed by atoms with Gasteiger partial charge in [0.25, 0.3) is 0 Å². The Morgan fingerprint density at radius 1 is 0.567 bits per heavy atom. The van der Waals surface area contributed by atoms with Gasteiger partial charge in [-0.1, -0.05) is 34.7 Å². The lowest BCUT2D eigenvalue weighted by atomic mass is 10.2. The van der Waals surface area contributed by atoms with Crippen LogP contribution in [0.2, 0.25) is 13.1 Å². The molecule has 0 aromatic heterocycles. The van der Waals surface area contributed by atoms with Crippen molar-refractivity contribution in [3.8, 4) is 0 Å². The van der Waals surface area contributed by atoms with Gasteiger partial charge in [0.1, 0.15) is 10.8 Å². The minimum absolute atomic E-state index is 0.228. The van der Waals surface area contributed by atoms with E-state index >= 15 is 0 Å². The Labute approximate surface area is 206 Å². The summed E-state index contributed by atoms with van der Waals surface area (Å²) in [6.45, 7) is 15.9. The molecular weight excluding hydrogens is 489 g/mol. The van der Waals surface area contributed by atoms with Gasteiger partial charge in [-0.05, 0) is 85.9 Å². The van der Waals surface area contributed by atoms with Crippen LogP contribution < -0.4 is 0 Å². The molecule has 0 rings (SSSR count). The summed E-state index contributed by atoms with van der Waals surface area (Å²) in [4.78, 5) is 0. The minimum Gasteiger partial charge on any atom is -0.355 e. The first kappa shape index (κ1) is 31.7. The predicted octanol–water partition coefficient (Wildman–Crippen LogP) is 5.89. The van der Waals surface area contributed by atoms with E-state index in [0.717, 1.165) is 39.3 Å². The smallest absolute Gasteiger partial charge is 0.144 e. The van der Waals surface area contributed by atoms with Crippen LogP contribution in [-0.4, -0.2) is 67.8 Å². The van der Waals surface area contributed by atoms with E-state index < -0.39 is 0 Å². The van der Waals surface area contributed by atoms with Gasteiger partial charge in [-0.3, -0.25) is 0 Å². The van der Waals surface area contributed by atoms with Crippen LogP contribution in [0.1, 0.15) is 66.2 Å². The van der Waals surface area contributed by atoms with Gasteiger partial charge < -0.3 is 18.9 Å². The highest BCUT2D eigenvalue weighted by atomic mass is 33.7. The fourth-order valence-electron chi connectivity index (χ4n) is 3.40. The van der Waals surface area contributed by atoms with Crippen LogP contribution in [0.5, 0.6) is 0 Å². The van der Waals surface area contributed by atoms with E-state index in [1.807, 2.05) is 41.2 Å². The van der Waals surface area contributed by atoms with Crippen molar-refractivity contribution in [3.05, 3.63) is 0 Å². The second-order valence-corrected chi connectivity index (χ2v) is 16.8. The van der Waals surface area contributed by atoms with Crippen molar-refractivity contribution in [2.45, 2.75) is 90.1 Å². The first-order chi connectivity index (χ1) is 14.6. The van der Waals surface area contributed by atoms with Gasteiger partial charge in [-0.15, -0.1) is 0 Å². The summed E-state index contributed by atoms with van der Waals surface area (Å²) < 4.78 is 23.9. The Balaban J connectivity index is 3.72. The third-order valence-electron chi connectivity index (χ3n) is 4.90. The van der Waals surface area contributed by atoms with Gasteiger partial charge in [-0.25, -0.2) is 0 Å². The van der Waals surface area contributed by atoms with Crippen LogP contribution in [0, 0.1) is 0 Å². The Bertz CT molecular complexity index is 339. The van der Waals surface area contributed by atoms with Crippen LogP contribution in [0.3, 0.4) is 0 Å². The quantitative estimate of drug-likeness (QED) is 0.0695. The Morgan fingerprint density at radius 2 is 0.900 bits per heavy atom. The van der Waals surface area contributed by atoms with Crippen molar-refractivity contribution in [2.75, 3.05) is 37.9 Å². The van der Waals surface area contributed by atoms with Crippen LogP contribution in [0.25, 0.3) is 0 Å². The summed E-state index contributed by atoms with van der Waals surface area (Å²) in [5, 5.41) is 0. The maximum Gasteiger partial charge on any atom is 0.144 e. The normalized spacial score (nSPS) is 13.4. The highest BCUT2D eigenvalue weighted by molar-refractivity contribution is 9.26. The van der Waals surface area contributed by atoms with Crippen LogP contribution in [-0.2, 0) is 18.9 Å². The molecule has 0 saturated heterocycles. The molecule has 0 aliphatic rings. The van der Waals surface area contributed by atoms with E-state index in [-0.39, 0.29) is 29.9 Å². The molecule has 0 saturated carbocycles. The van der Waals surface area contributed by atoms with Gasteiger partial charge in [0.15, 0.2) is 0 Å². The van der Waals surface area contributed by atoms with Crippen molar-refractivity contribution in [2.24, 2.45) is 0 Å². The molecule has 0 N–H and O–H groups in total. The van der Waals surface area contributed by atoms with Crippen molar-refractivity contribution in [1.29, 1.82) is 0 Å². The zero-order valence-electron chi connectivity index (χ0n) is 20.2. The third-order valence-corrected chi connectivity index (χ3v) is 15.2. The van der Waals surface area contributed by atoms with Crippen LogP contribution >= 0.6 is 41.2 Å². The lowest BCUT2D eigenvalue weighted by Crippen LogP contribution is -2.41. The molecule has 0 unspecified atom stereocenters. The molecule has 4 nitrogen and oxygen atoms in total. The molecule has 182 valence electrons. The lowest BCUT2D eigenvalue weighted by Gasteiger charge is -2.32. The molecule has 0 aliphatic carbocycles. The highest BCUT2D eigenvalue weighted by Gasteiger charge is 2.29. The van der Waals surface area contributed by atoms with E-state index in [0.29, 0.717) is 0 Å². The van der Waals surface area contributed by atoms with Crippen molar-refractivity contribution in [3.63, 3.8) is 0 Å². The van der Waals surface area contributed by atoms with Crippen molar-refractivity contribution >= 4 is 60.3 Å². The van der Waals surface area contributed by atoms with E-state index in [9.17, 15) is 0 Å². The molecule has 0 heterocycles. The molecule has 0 spiro atoms. The van der Waals surface area contributed by atoms with E-state index in [1.54, 1.807) is 0 Å². The number of unbranched alkanes of at least 4 members (excludes halogenated alkanes) is 2. The summed E-state index contributed by atoms with van der Waals surface area (Å²) in [6, 6.07) is 0. The van der Waals surface area contributed by atoms with Gasteiger partial charge in [0, 0.05) is 37.9 Å². The maximum absolute atomic E-state index is 5.97. The monoisotopic (exact) mass is 534 g/mol. The number of hydrogen-bond acceptors (Lipinski definition) is 8. The van der Waals surface area contributed by atoms with E-state index in [4.69, 9.17) is 18.9 Å². The molecule has 0 atom stereocenters. The molecule has 0 fully saturated rings. The molecule has 10 heteroatoms. The van der Waals surface area contributed by atoms with Gasteiger partial charge in [0.05, 0.1) is 19.0 Å². The fraction of sp³-hybridized carbons (Fsp3) is 1.00. The van der Waals surface area contributed by atoms with Crippen LogP contribution in [0.4, 0.5) is 0 Å².